The number of hydrazine groups is 2. The van der Waals surface area contributed by atoms with E-state index in [0.717, 1.165) is 5.01 Å². The highest BCUT2D eigenvalue weighted by Crippen LogP contribution is 2.27. The van der Waals surface area contributed by atoms with E-state index in [1.54, 1.807) is 36.4 Å². The molecule has 36 heavy (non-hydrogen) atoms. The van der Waals surface area contributed by atoms with Gasteiger partial charge in [0.15, 0.2) is 0 Å². The zero-order chi connectivity index (χ0) is 26.1. The molecule has 14 heteroatoms. The molecule has 3 rings (SSSR count). The van der Waals surface area contributed by atoms with E-state index in [-0.39, 0.29) is 17.1 Å². The molecule has 0 radical (unpaired) electrons. The lowest BCUT2D eigenvalue weighted by Gasteiger charge is -2.19. The summed E-state index contributed by atoms with van der Waals surface area (Å²) in [4.78, 5) is 15.1. The van der Waals surface area contributed by atoms with Crippen LogP contribution in [0.2, 0.25) is 0 Å². The number of nitrogens with zero attached hydrogens (tertiary/aromatic N) is 7. The van der Waals surface area contributed by atoms with E-state index >= 15 is 0 Å². The molecule has 3 aromatic rings. The highest BCUT2D eigenvalue weighted by atomic mass is 32.2. The van der Waals surface area contributed by atoms with Crippen molar-refractivity contribution in [3.8, 4) is 0 Å². The standard InChI is InChI=1S/C22H22N10O3S/c23-29-27-15-17-5-10-18(11-6-17)32(26)36(34,35)19-12-7-16(8-13-19)9-14-22(33)31(25)21-4-2-1-3-20(21)28-30-24/h1-14H,15,25-26H2,(H2,24,28)/b14-9+. The van der Waals surface area contributed by atoms with Gasteiger partial charge in [-0.1, -0.05) is 46.7 Å². The van der Waals surface area contributed by atoms with Gasteiger partial charge >= 0.3 is 0 Å². The van der Waals surface area contributed by atoms with Crippen LogP contribution in [0.15, 0.2) is 99.2 Å². The van der Waals surface area contributed by atoms with Crippen LogP contribution in [-0.2, 0) is 21.4 Å². The lowest BCUT2D eigenvalue weighted by molar-refractivity contribution is -0.114. The van der Waals surface area contributed by atoms with Gasteiger partial charge in [0.2, 0.25) is 0 Å². The number of amides is 1. The second kappa shape index (κ2) is 11.6. The summed E-state index contributed by atoms with van der Waals surface area (Å²) in [5.41, 5.74) is 10.5. The highest BCUT2D eigenvalue weighted by Gasteiger charge is 2.22. The smallest absolute Gasteiger partial charge is 0.277 e. The molecule has 13 nitrogen and oxygen atoms in total. The summed E-state index contributed by atoms with van der Waals surface area (Å²) in [6.07, 6.45) is 2.71. The van der Waals surface area contributed by atoms with Gasteiger partial charge in [-0.15, -0.1) is 5.11 Å². The van der Waals surface area contributed by atoms with Crippen molar-refractivity contribution in [1.29, 1.82) is 0 Å². The van der Waals surface area contributed by atoms with Crippen molar-refractivity contribution < 1.29 is 13.2 Å². The fraction of sp³-hybridized carbons (Fsp3) is 0.0455. The Morgan fingerprint density at radius 2 is 1.67 bits per heavy atom. The molecule has 0 spiro atoms. The molecule has 0 bridgehead atoms. The van der Waals surface area contributed by atoms with Crippen LogP contribution >= 0.6 is 0 Å². The maximum atomic E-state index is 12.9. The molecule has 0 heterocycles. The Kier molecular flexibility index (Phi) is 8.33. The number of nitrogens with two attached hydrogens (primary N) is 3. The summed E-state index contributed by atoms with van der Waals surface area (Å²) in [5, 5.41) is 11.3. The molecule has 6 N–H and O–H groups in total. The quantitative estimate of drug-likeness (QED) is 0.0752. The summed E-state index contributed by atoms with van der Waals surface area (Å²) >= 11 is 0. The molecule has 1 amide bonds. The van der Waals surface area contributed by atoms with Crippen LogP contribution < -0.4 is 27.0 Å². The molecule has 0 aliphatic heterocycles. The predicted molar refractivity (Wildman–Crippen MR) is 135 cm³/mol. The first-order chi connectivity index (χ1) is 17.3. The number of anilines is 2. The number of benzene rings is 3. The Balaban J connectivity index is 1.72. The van der Waals surface area contributed by atoms with E-state index in [4.69, 9.17) is 23.1 Å². The Morgan fingerprint density at radius 3 is 2.31 bits per heavy atom. The average molecular weight is 507 g/mol. The van der Waals surface area contributed by atoms with E-state index in [1.165, 1.54) is 48.6 Å². The van der Waals surface area contributed by atoms with Gasteiger partial charge in [0.1, 0.15) is 5.69 Å². The third-order valence-electron chi connectivity index (χ3n) is 4.91. The first kappa shape index (κ1) is 25.9. The van der Waals surface area contributed by atoms with E-state index in [0.29, 0.717) is 26.9 Å². The lowest BCUT2D eigenvalue weighted by Crippen LogP contribution is -2.37. The summed E-state index contributed by atoms with van der Waals surface area (Å²) in [7, 11) is -4.05. The van der Waals surface area contributed by atoms with Crippen LogP contribution in [-0.4, -0.2) is 14.3 Å². The average Bonchev–Trinajstić information content (AvgIpc) is 2.90. The number of sulfonamides is 1. The van der Waals surface area contributed by atoms with E-state index < -0.39 is 15.9 Å². The Hall–Kier alpha value is -4.75. The Bertz CT molecular complexity index is 1430. The molecule has 0 aliphatic carbocycles. The summed E-state index contributed by atoms with van der Waals surface area (Å²) in [5.74, 6) is 16.3. The molecule has 184 valence electrons. The SMILES string of the molecule is [N-]=[N+]=NCc1ccc(N(N)S(=O)(=O)c2ccc(/C=C/C(=O)N(N)c3ccccc3N=NN)cc2)cc1. The molecule has 0 fully saturated rings. The van der Waals surface area contributed by atoms with Gasteiger partial charge in [-0.25, -0.2) is 21.1 Å². The van der Waals surface area contributed by atoms with Gasteiger partial charge in [0.05, 0.1) is 22.8 Å². The van der Waals surface area contributed by atoms with Gasteiger partial charge < -0.3 is 5.84 Å². The van der Waals surface area contributed by atoms with Gasteiger partial charge in [-0.05, 0) is 59.1 Å². The minimum absolute atomic E-state index is 0.0480. The number of azide groups is 1. The van der Waals surface area contributed by atoms with Crippen molar-refractivity contribution in [2.75, 3.05) is 9.42 Å². The third-order valence-corrected chi connectivity index (χ3v) is 6.50. The minimum atomic E-state index is -4.05. The van der Waals surface area contributed by atoms with E-state index in [9.17, 15) is 13.2 Å². The van der Waals surface area contributed by atoms with Crippen molar-refractivity contribution >= 4 is 39.1 Å². The zero-order valence-corrected chi connectivity index (χ0v) is 19.6. The number of hydrogen-bond acceptors (Lipinski definition) is 8. The fourth-order valence-corrected chi connectivity index (χ4v) is 4.15. The fourth-order valence-electron chi connectivity index (χ4n) is 3.05. The molecule has 3 aromatic carbocycles. The Labute approximate surface area is 206 Å². The molecule has 0 aromatic heterocycles. The largest absolute Gasteiger partial charge is 0.305 e. The van der Waals surface area contributed by atoms with Crippen molar-refractivity contribution in [2.45, 2.75) is 11.4 Å². The Morgan fingerprint density at radius 1 is 1.00 bits per heavy atom. The molecule has 0 saturated carbocycles. The second-order valence-electron chi connectivity index (χ2n) is 7.17. The van der Waals surface area contributed by atoms with Gasteiger partial charge in [-0.3, -0.25) is 4.79 Å². The van der Waals surface area contributed by atoms with Gasteiger partial charge in [0, 0.05) is 11.0 Å². The summed E-state index contributed by atoms with van der Waals surface area (Å²) in [6, 6.07) is 18.6. The van der Waals surface area contributed by atoms with Crippen LogP contribution in [0.5, 0.6) is 0 Å². The van der Waals surface area contributed by atoms with Crippen molar-refractivity contribution in [1.82, 2.24) is 0 Å². The second-order valence-corrected chi connectivity index (χ2v) is 8.99. The zero-order valence-electron chi connectivity index (χ0n) is 18.8. The van der Waals surface area contributed by atoms with Crippen molar-refractivity contribution in [3.63, 3.8) is 0 Å². The molecule has 0 saturated heterocycles. The summed E-state index contributed by atoms with van der Waals surface area (Å²) in [6.45, 7) is 0.138. The lowest BCUT2D eigenvalue weighted by atomic mass is 10.2. The summed E-state index contributed by atoms with van der Waals surface area (Å²) < 4.78 is 26.5. The number of rotatable bonds is 9. The van der Waals surface area contributed by atoms with Crippen molar-refractivity contribution in [3.05, 3.63) is 100 Å². The van der Waals surface area contributed by atoms with Gasteiger partial charge in [0.25, 0.3) is 15.9 Å². The number of hydrogen-bond donors (Lipinski definition) is 3. The number of carbonyl (C=O) groups is 1. The van der Waals surface area contributed by atoms with E-state index in [2.05, 4.69) is 20.4 Å². The van der Waals surface area contributed by atoms with Crippen LogP contribution in [0.1, 0.15) is 11.1 Å². The molecular formula is C22H22N10O3S. The van der Waals surface area contributed by atoms with Crippen LogP contribution in [0, 0.1) is 0 Å². The molecule has 0 aliphatic rings. The minimum Gasteiger partial charge on any atom is -0.305 e. The van der Waals surface area contributed by atoms with Crippen LogP contribution in [0.3, 0.4) is 0 Å². The number of para-hydroxylation sites is 1. The highest BCUT2D eigenvalue weighted by molar-refractivity contribution is 7.92. The molecule has 0 unspecified atom stereocenters. The van der Waals surface area contributed by atoms with Crippen LogP contribution in [0.4, 0.5) is 17.1 Å². The van der Waals surface area contributed by atoms with Crippen LogP contribution in [0.25, 0.3) is 16.5 Å². The normalized spacial score (nSPS) is 11.4. The number of carbonyl (C=O) groups excluding carboxylic acids is 1. The van der Waals surface area contributed by atoms with Gasteiger partial charge in [-0.2, -0.15) is 8.42 Å². The molecule has 0 atom stereocenters. The maximum absolute atomic E-state index is 12.9. The van der Waals surface area contributed by atoms with Crippen molar-refractivity contribution in [2.24, 2.45) is 33.0 Å². The maximum Gasteiger partial charge on any atom is 0.277 e. The first-order valence-corrected chi connectivity index (χ1v) is 11.7. The monoisotopic (exact) mass is 506 g/mol. The first-order valence-electron chi connectivity index (χ1n) is 10.2. The third kappa shape index (κ3) is 6.02. The molecular weight excluding hydrogens is 484 g/mol. The topological polar surface area (TPSA) is 209 Å². The predicted octanol–water partition coefficient (Wildman–Crippen LogP) is 3.44. The van der Waals surface area contributed by atoms with E-state index in [1.807, 2.05) is 0 Å².